The molecule has 18 heavy (non-hydrogen) atoms. The molecule has 0 unspecified atom stereocenters. The van der Waals surface area contributed by atoms with E-state index in [9.17, 15) is 14.4 Å². The molecule has 1 N–H and O–H groups in total. The van der Waals surface area contributed by atoms with E-state index >= 15 is 0 Å². The van der Waals surface area contributed by atoms with Crippen LogP contribution in [-0.4, -0.2) is 18.0 Å². The van der Waals surface area contributed by atoms with Gasteiger partial charge in [-0.15, -0.1) is 0 Å². The number of carbonyl (C=O) groups excluding carboxylic acids is 3. The first-order valence-corrected chi connectivity index (χ1v) is 5.61. The van der Waals surface area contributed by atoms with Crippen molar-refractivity contribution in [2.75, 3.05) is 5.32 Å². The van der Waals surface area contributed by atoms with Crippen molar-refractivity contribution in [3.05, 3.63) is 35.9 Å². The Labute approximate surface area is 106 Å². The average molecular weight is 245 g/mol. The molecule has 1 amide bonds. The van der Waals surface area contributed by atoms with E-state index in [0.717, 1.165) is 11.8 Å². The van der Waals surface area contributed by atoms with Crippen molar-refractivity contribution < 1.29 is 14.4 Å². The van der Waals surface area contributed by atoms with Gasteiger partial charge in [0.2, 0.25) is 5.91 Å². The monoisotopic (exact) mass is 245 g/mol. The minimum atomic E-state index is -0.313. The number of benzene rings is 1. The van der Waals surface area contributed by atoms with Crippen LogP contribution in [-0.2, 0) is 14.4 Å². The van der Waals surface area contributed by atoms with E-state index < -0.39 is 0 Å². The summed E-state index contributed by atoms with van der Waals surface area (Å²) in [6.07, 6.45) is 4.69. The normalized spacial score (nSPS) is 10.3. The molecule has 0 spiro atoms. The maximum atomic E-state index is 11.3. The maximum Gasteiger partial charge on any atom is 0.231 e. The van der Waals surface area contributed by atoms with Crippen molar-refractivity contribution in [1.82, 2.24) is 0 Å². The zero-order chi connectivity index (χ0) is 13.4. The van der Waals surface area contributed by atoms with Gasteiger partial charge >= 0.3 is 0 Å². The van der Waals surface area contributed by atoms with Crippen LogP contribution in [0.25, 0.3) is 6.08 Å². The summed E-state index contributed by atoms with van der Waals surface area (Å²) >= 11 is 0. The molecule has 0 aliphatic carbocycles. The van der Waals surface area contributed by atoms with Gasteiger partial charge in [0.05, 0.1) is 6.42 Å². The van der Waals surface area contributed by atoms with Crippen molar-refractivity contribution in [3.63, 3.8) is 0 Å². The molecule has 1 rings (SSSR count). The lowest BCUT2D eigenvalue weighted by molar-refractivity contribution is -0.124. The van der Waals surface area contributed by atoms with Crippen LogP contribution in [0.3, 0.4) is 0 Å². The summed E-state index contributed by atoms with van der Waals surface area (Å²) < 4.78 is 0. The lowest BCUT2D eigenvalue weighted by atomic mass is 10.2. The molecule has 0 saturated heterocycles. The number of rotatable bonds is 6. The van der Waals surface area contributed by atoms with Crippen molar-refractivity contribution in [2.45, 2.75) is 19.8 Å². The molecule has 0 heterocycles. The van der Waals surface area contributed by atoms with Gasteiger partial charge in [-0.1, -0.05) is 24.3 Å². The van der Waals surface area contributed by atoms with Gasteiger partial charge in [0, 0.05) is 12.1 Å². The van der Waals surface area contributed by atoms with Crippen LogP contribution in [0, 0.1) is 0 Å². The van der Waals surface area contributed by atoms with Crippen LogP contribution in [0.5, 0.6) is 0 Å². The lowest BCUT2D eigenvalue weighted by Crippen LogP contribution is -2.14. The molecule has 0 aliphatic heterocycles. The van der Waals surface area contributed by atoms with Crippen molar-refractivity contribution in [3.8, 4) is 0 Å². The van der Waals surface area contributed by atoms with Crippen LogP contribution in [0.2, 0.25) is 0 Å². The number of ketones is 1. The van der Waals surface area contributed by atoms with Gasteiger partial charge in [-0.05, 0) is 24.6 Å². The first-order chi connectivity index (χ1) is 8.61. The van der Waals surface area contributed by atoms with Gasteiger partial charge in [0.15, 0.2) is 0 Å². The number of nitrogens with one attached hydrogen (secondary N) is 1. The van der Waals surface area contributed by atoms with Crippen molar-refractivity contribution >= 4 is 29.7 Å². The first kappa shape index (κ1) is 13.8. The number of aldehydes is 1. The van der Waals surface area contributed by atoms with Gasteiger partial charge in [-0.25, -0.2) is 0 Å². The molecule has 94 valence electrons. The highest BCUT2D eigenvalue weighted by molar-refractivity contribution is 6.03. The van der Waals surface area contributed by atoms with Crippen LogP contribution in [0.1, 0.15) is 25.3 Å². The Morgan fingerprint density at radius 2 is 1.89 bits per heavy atom. The topological polar surface area (TPSA) is 63.2 Å². The van der Waals surface area contributed by atoms with E-state index in [1.54, 1.807) is 18.2 Å². The Morgan fingerprint density at radius 3 is 2.44 bits per heavy atom. The number of carbonyl (C=O) groups is 3. The number of hydrogen-bond acceptors (Lipinski definition) is 3. The summed E-state index contributed by atoms with van der Waals surface area (Å²) in [5.41, 5.74) is 1.59. The van der Waals surface area contributed by atoms with Crippen molar-refractivity contribution in [1.29, 1.82) is 0 Å². The number of anilines is 1. The van der Waals surface area contributed by atoms with E-state index in [1.165, 1.54) is 6.92 Å². The summed E-state index contributed by atoms with van der Waals surface area (Å²) in [4.78, 5) is 32.2. The van der Waals surface area contributed by atoms with E-state index in [1.807, 2.05) is 18.2 Å². The van der Waals surface area contributed by atoms with E-state index in [2.05, 4.69) is 5.32 Å². The summed E-state index contributed by atoms with van der Waals surface area (Å²) in [7, 11) is 0. The largest absolute Gasteiger partial charge is 0.326 e. The molecule has 0 bridgehead atoms. The zero-order valence-corrected chi connectivity index (χ0v) is 10.2. The van der Waals surface area contributed by atoms with Crippen molar-refractivity contribution in [2.24, 2.45) is 0 Å². The number of Topliss-reactive ketones (excluding diaryl/α,β-unsaturated/α-hetero) is 1. The number of allylic oxidation sites excluding steroid dienone is 1. The van der Waals surface area contributed by atoms with Crippen LogP contribution in [0.4, 0.5) is 5.69 Å². The standard InChI is InChI=1S/C14H15NO3/c1-11(17)10-14(18)15-13-7-5-12(6-8-13)4-2-3-9-16/h2,4-9H,3,10H2,1H3,(H,15,18). The van der Waals surface area contributed by atoms with E-state index in [0.29, 0.717) is 12.1 Å². The predicted molar refractivity (Wildman–Crippen MR) is 70.1 cm³/mol. The molecule has 0 aromatic heterocycles. The van der Waals surface area contributed by atoms with Crippen LogP contribution in [0.15, 0.2) is 30.3 Å². The van der Waals surface area contributed by atoms with Gasteiger partial charge in [-0.2, -0.15) is 0 Å². The Balaban J connectivity index is 2.57. The summed E-state index contributed by atoms with van der Waals surface area (Å²) in [5, 5.41) is 2.63. The smallest absolute Gasteiger partial charge is 0.231 e. The third-order valence-electron chi connectivity index (χ3n) is 2.15. The molecule has 0 aliphatic rings. The first-order valence-electron chi connectivity index (χ1n) is 5.61. The average Bonchev–Trinajstić information content (AvgIpc) is 2.30. The Bertz CT molecular complexity index is 460. The third-order valence-corrected chi connectivity index (χ3v) is 2.15. The summed E-state index contributed by atoms with van der Waals surface area (Å²) in [6, 6.07) is 7.15. The number of amides is 1. The second kappa shape index (κ2) is 7.17. The van der Waals surface area contributed by atoms with E-state index in [-0.39, 0.29) is 18.1 Å². The van der Waals surface area contributed by atoms with Gasteiger partial charge < -0.3 is 10.1 Å². The second-order valence-electron chi connectivity index (χ2n) is 3.85. The highest BCUT2D eigenvalue weighted by Crippen LogP contribution is 2.11. The highest BCUT2D eigenvalue weighted by Gasteiger charge is 2.04. The minimum Gasteiger partial charge on any atom is -0.326 e. The molecule has 0 saturated carbocycles. The zero-order valence-electron chi connectivity index (χ0n) is 10.2. The maximum absolute atomic E-state index is 11.3. The van der Waals surface area contributed by atoms with Gasteiger partial charge in [0.1, 0.15) is 12.1 Å². The molecular weight excluding hydrogens is 230 g/mol. The van der Waals surface area contributed by atoms with Crippen LogP contribution < -0.4 is 5.32 Å². The summed E-state index contributed by atoms with van der Waals surface area (Å²) in [5.74, 6) is -0.479. The molecular formula is C14H15NO3. The predicted octanol–water partition coefficient (Wildman–Crippen LogP) is 2.21. The van der Waals surface area contributed by atoms with Crippen LogP contribution >= 0.6 is 0 Å². The molecule has 0 atom stereocenters. The number of hydrogen-bond donors (Lipinski definition) is 1. The minimum absolute atomic E-state index is 0.110. The quantitative estimate of drug-likeness (QED) is 0.617. The lowest BCUT2D eigenvalue weighted by Gasteiger charge is -2.03. The molecule has 4 nitrogen and oxygen atoms in total. The second-order valence-corrected chi connectivity index (χ2v) is 3.85. The fourth-order valence-corrected chi connectivity index (χ4v) is 1.37. The molecule has 1 aromatic rings. The molecule has 0 fully saturated rings. The Kier molecular flexibility index (Phi) is 5.51. The van der Waals surface area contributed by atoms with E-state index in [4.69, 9.17) is 0 Å². The highest BCUT2D eigenvalue weighted by atomic mass is 16.2. The fraction of sp³-hybridized carbons (Fsp3) is 0.214. The molecule has 1 aromatic carbocycles. The molecule has 0 radical (unpaired) electrons. The Morgan fingerprint density at radius 1 is 1.22 bits per heavy atom. The molecule has 4 heteroatoms. The van der Waals surface area contributed by atoms with Gasteiger partial charge in [0.25, 0.3) is 0 Å². The third kappa shape index (κ3) is 5.21. The Hall–Kier alpha value is -2.23. The summed E-state index contributed by atoms with van der Waals surface area (Å²) in [6.45, 7) is 1.38. The fourth-order valence-electron chi connectivity index (χ4n) is 1.37. The van der Waals surface area contributed by atoms with Gasteiger partial charge in [-0.3, -0.25) is 9.59 Å². The SMILES string of the molecule is CC(=O)CC(=O)Nc1ccc(C=CCC=O)cc1.